The lowest BCUT2D eigenvalue weighted by atomic mass is 9.93. The van der Waals surface area contributed by atoms with E-state index in [-0.39, 0.29) is 0 Å². The van der Waals surface area contributed by atoms with Crippen LogP contribution in [0.4, 0.5) is 11.4 Å². The second-order valence-corrected chi connectivity index (χ2v) is 6.34. The van der Waals surface area contributed by atoms with Crippen molar-refractivity contribution in [3.8, 4) is 0 Å². The average molecular weight is 274 g/mol. The molecule has 0 bridgehead atoms. The molecule has 4 heteroatoms. The molecule has 3 atom stereocenters. The first-order chi connectivity index (χ1) is 9.75. The van der Waals surface area contributed by atoms with E-state index < -0.39 is 0 Å². The van der Waals surface area contributed by atoms with Gasteiger partial charge in [-0.2, -0.15) is 0 Å². The van der Waals surface area contributed by atoms with Crippen LogP contribution in [0.5, 0.6) is 0 Å². The molecule has 2 heterocycles. The van der Waals surface area contributed by atoms with Crippen molar-refractivity contribution in [2.45, 2.75) is 44.2 Å². The van der Waals surface area contributed by atoms with Gasteiger partial charge in [-0.15, -0.1) is 0 Å². The first-order valence-electron chi connectivity index (χ1n) is 7.87. The van der Waals surface area contributed by atoms with Crippen molar-refractivity contribution in [2.24, 2.45) is 5.92 Å². The minimum atomic E-state index is 0.591. The Morgan fingerprint density at radius 2 is 2.15 bits per heavy atom. The fraction of sp³-hybridized carbons (Fsp3) is 0.688. The van der Waals surface area contributed by atoms with Crippen LogP contribution >= 0.6 is 0 Å². The standard InChI is InChI=1S/C16H26N4/c1-20(2)16-8-10-17-11-15(16)19-14-6-3-5-12(14)13-7-4-9-18-13/h8,10-14,18-19H,3-7,9H2,1-2H3. The summed E-state index contributed by atoms with van der Waals surface area (Å²) in [5.41, 5.74) is 2.40. The van der Waals surface area contributed by atoms with Gasteiger partial charge in [-0.3, -0.25) is 4.98 Å². The van der Waals surface area contributed by atoms with Crippen molar-refractivity contribution in [3.05, 3.63) is 18.5 Å². The van der Waals surface area contributed by atoms with Crippen LogP contribution in [0.25, 0.3) is 0 Å². The maximum atomic E-state index is 4.29. The van der Waals surface area contributed by atoms with E-state index in [0.29, 0.717) is 6.04 Å². The van der Waals surface area contributed by atoms with Crippen molar-refractivity contribution in [3.63, 3.8) is 0 Å². The van der Waals surface area contributed by atoms with Crippen LogP contribution in [0.2, 0.25) is 0 Å². The van der Waals surface area contributed by atoms with E-state index >= 15 is 0 Å². The number of pyridine rings is 1. The van der Waals surface area contributed by atoms with E-state index in [9.17, 15) is 0 Å². The van der Waals surface area contributed by atoms with Crippen molar-refractivity contribution in [2.75, 3.05) is 30.9 Å². The van der Waals surface area contributed by atoms with Gasteiger partial charge >= 0.3 is 0 Å². The minimum absolute atomic E-state index is 0.591. The molecule has 1 aliphatic heterocycles. The summed E-state index contributed by atoms with van der Waals surface area (Å²) in [6.45, 7) is 1.20. The lowest BCUT2D eigenvalue weighted by molar-refractivity contribution is 0.376. The topological polar surface area (TPSA) is 40.2 Å². The Labute approximate surface area is 122 Å². The van der Waals surface area contributed by atoms with Crippen LogP contribution in [-0.2, 0) is 0 Å². The summed E-state index contributed by atoms with van der Waals surface area (Å²) in [7, 11) is 4.18. The summed E-state index contributed by atoms with van der Waals surface area (Å²) in [5, 5.41) is 7.46. The Morgan fingerprint density at radius 1 is 1.25 bits per heavy atom. The molecule has 3 unspecified atom stereocenters. The van der Waals surface area contributed by atoms with Gasteiger partial charge in [0.05, 0.1) is 17.6 Å². The molecule has 3 rings (SSSR count). The normalized spacial score (nSPS) is 29.6. The van der Waals surface area contributed by atoms with Crippen molar-refractivity contribution >= 4 is 11.4 Å². The predicted octanol–water partition coefficient (Wildman–Crippen LogP) is 2.48. The molecule has 0 amide bonds. The van der Waals surface area contributed by atoms with Gasteiger partial charge in [0.15, 0.2) is 0 Å². The summed E-state index contributed by atoms with van der Waals surface area (Å²) >= 11 is 0. The number of nitrogens with one attached hydrogen (secondary N) is 2. The van der Waals surface area contributed by atoms with E-state index in [0.717, 1.165) is 12.0 Å². The molecule has 1 saturated carbocycles. The first kappa shape index (κ1) is 13.7. The number of anilines is 2. The van der Waals surface area contributed by atoms with Crippen LogP contribution < -0.4 is 15.5 Å². The highest BCUT2D eigenvalue weighted by molar-refractivity contribution is 5.68. The molecule has 0 aromatic carbocycles. The number of aromatic nitrogens is 1. The smallest absolute Gasteiger partial charge is 0.0766 e. The molecular weight excluding hydrogens is 248 g/mol. The van der Waals surface area contributed by atoms with Crippen molar-refractivity contribution in [1.82, 2.24) is 10.3 Å². The highest BCUT2D eigenvalue weighted by Crippen LogP contribution is 2.35. The number of rotatable bonds is 4. The van der Waals surface area contributed by atoms with Crippen LogP contribution in [0.3, 0.4) is 0 Å². The molecule has 2 N–H and O–H groups in total. The lowest BCUT2D eigenvalue weighted by Gasteiger charge is -2.29. The van der Waals surface area contributed by atoms with E-state index in [4.69, 9.17) is 0 Å². The number of hydrogen-bond acceptors (Lipinski definition) is 4. The number of hydrogen-bond donors (Lipinski definition) is 2. The molecule has 1 aliphatic carbocycles. The summed E-state index contributed by atoms with van der Waals surface area (Å²) in [6, 6.07) is 3.39. The molecule has 1 saturated heterocycles. The zero-order valence-electron chi connectivity index (χ0n) is 12.6. The average Bonchev–Trinajstić information content (AvgIpc) is 3.09. The van der Waals surface area contributed by atoms with Gasteiger partial charge in [0.25, 0.3) is 0 Å². The third-order valence-electron chi connectivity index (χ3n) is 4.81. The summed E-state index contributed by atoms with van der Waals surface area (Å²) in [5.74, 6) is 0.771. The van der Waals surface area contributed by atoms with Gasteiger partial charge in [0.2, 0.25) is 0 Å². The molecule has 20 heavy (non-hydrogen) atoms. The quantitative estimate of drug-likeness (QED) is 0.885. The molecule has 2 fully saturated rings. The van der Waals surface area contributed by atoms with E-state index in [1.165, 1.54) is 50.0 Å². The zero-order chi connectivity index (χ0) is 13.9. The highest BCUT2D eigenvalue weighted by Gasteiger charge is 2.35. The Kier molecular flexibility index (Phi) is 4.10. The first-order valence-corrected chi connectivity index (χ1v) is 7.87. The Morgan fingerprint density at radius 3 is 2.90 bits per heavy atom. The molecule has 1 aromatic rings. The second kappa shape index (κ2) is 6.00. The maximum absolute atomic E-state index is 4.29. The summed E-state index contributed by atoms with van der Waals surface area (Å²) < 4.78 is 0. The van der Waals surface area contributed by atoms with Gasteiger partial charge in [-0.25, -0.2) is 0 Å². The molecule has 0 radical (unpaired) electrons. The Hall–Kier alpha value is -1.29. The molecule has 110 valence electrons. The van der Waals surface area contributed by atoms with Crippen LogP contribution in [-0.4, -0.2) is 37.7 Å². The molecular formula is C16H26N4. The summed E-state index contributed by atoms with van der Waals surface area (Å²) in [4.78, 5) is 6.44. The molecule has 4 nitrogen and oxygen atoms in total. The van der Waals surface area contributed by atoms with Gasteiger partial charge < -0.3 is 15.5 Å². The Balaban J connectivity index is 1.73. The zero-order valence-corrected chi connectivity index (χ0v) is 12.6. The predicted molar refractivity (Wildman–Crippen MR) is 84.3 cm³/mol. The third kappa shape index (κ3) is 2.75. The SMILES string of the molecule is CN(C)c1ccncc1NC1CCCC1C1CCCN1. The molecule has 2 aliphatic rings. The van der Waals surface area contributed by atoms with Crippen LogP contribution in [0, 0.1) is 5.92 Å². The lowest BCUT2D eigenvalue weighted by Crippen LogP contribution is -2.38. The largest absolute Gasteiger partial charge is 0.379 e. The maximum Gasteiger partial charge on any atom is 0.0766 e. The highest BCUT2D eigenvalue weighted by atomic mass is 15.1. The van der Waals surface area contributed by atoms with Gasteiger partial charge in [0, 0.05) is 32.4 Å². The third-order valence-corrected chi connectivity index (χ3v) is 4.81. The second-order valence-electron chi connectivity index (χ2n) is 6.34. The van der Waals surface area contributed by atoms with E-state index in [1.54, 1.807) is 0 Å². The van der Waals surface area contributed by atoms with Crippen molar-refractivity contribution < 1.29 is 0 Å². The fourth-order valence-corrected chi connectivity index (χ4v) is 3.81. The molecule has 0 spiro atoms. The van der Waals surface area contributed by atoms with Gasteiger partial charge in [0.1, 0.15) is 0 Å². The van der Waals surface area contributed by atoms with Crippen molar-refractivity contribution in [1.29, 1.82) is 0 Å². The summed E-state index contributed by atoms with van der Waals surface area (Å²) in [6.07, 6.45) is 10.5. The van der Waals surface area contributed by atoms with Gasteiger partial charge in [-0.05, 0) is 44.2 Å². The van der Waals surface area contributed by atoms with E-state index in [1.807, 2.05) is 12.4 Å². The number of nitrogens with zero attached hydrogens (tertiary/aromatic N) is 2. The van der Waals surface area contributed by atoms with Gasteiger partial charge in [-0.1, -0.05) is 6.42 Å². The van der Waals surface area contributed by atoms with Crippen LogP contribution in [0.1, 0.15) is 32.1 Å². The Bertz CT molecular complexity index is 440. The monoisotopic (exact) mass is 274 g/mol. The van der Waals surface area contributed by atoms with E-state index in [2.05, 4.69) is 40.7 Å². The molecule has 1 aromatic heterocycles. The fourth-order valence-electron chi connectivity index (χ4n) is 3.81. The minimum Gasteiger partial charge on any atom is -0.379 e. The van der Waals surface area contributed by atoms with Crippen LogP contribution in [0.15, 0.2) is 18.5 Å².